The maximum atomic E-state index is 12.2. The lowest BCUT2D eigenvalue weighted by molar-refractivity contribution is 0.0429. The number of hydrogen-bond donors (Lipinski definition) is 0. The Labute approximate surface area is 162 Å². The van der Waals surface area contributed by atoms with E-state index >= 15 is 0 Å². The summed E-state index contributed by atoms with van der Waals surface area (Å²) in [6.07, 6.45) is 0. The fraction of sp³-hybridized carbons (Fsp3) is 0.211. The second-order valence-electron chi connectivity index (χ2n) is 6.27. The van der Waals surface area contributed by atoms with Crippen LogP contribution in [0, 0.1) is 6.92 Å². The number of sulfonamides is 1. The highest BCUT2D eigenvalue weighted by Gasteiger charge is 2.18. The Kier molecular flexibility index (Phi) is 5.57. The van der Waals surface area contributed by atoms with E-state index < -0.39 is 16.0 Å². The Balaban J connectivity index is 1.64. The number of hydrogen-bond acceptors (Lipinski definition) is 7. The van der Waals surface area contributed by atoms with Gasteiger partial charge in [-0.1, -0.05) is 35.0 Å². The molecule has 0 amide bonds. The highest BCUT2D eigenvalue weighted by atomic mass is 32.2. The zero-order valence-corrected chi connectivity index (χ0v) is 16.4. The number of esters is 1. The Morgan fingerprint density at radius 3 is 2.32 bits per heavy atom. The standard InChI is InChI=1S/C19H19N3O5S/c1-13-4-6-14(7-5-13)18-20-17(27-21-18)12-26-19(23)15-8-10-16(11-9-15)28(24,25)22(2)3/h4-11H,12H2,1-3H3. The molecule has 0 aliphatic carbocycles. The van der Waals surface area contributed by atoms with Crippen LogP contribution < -0.4 is 0 Å². The normalized spacial score (nSPS) is 11.6. The Morgan fingerprint density at radius 1 is 1.07 bits per heavy atom. The summed E-state index contributed by atoms with van der Waals surface area (Å²) in [5.74, 6) is -0.0519. The summed E-state index contributed by atoms with van der Waals surface area (Å²) in [6, 6.07) is 13.1. The summed E-state index contributed by atoms with van der Waals surface area (Å²) in [4.78, 5) is 16.4. The maximum Gasteiger partial charge on any atom is 0.338 e. The molecular weight excluding hydrogens is 382 g/mol. The summed E-state index contributed by atoms with van der Waals surface area (Å²) in [5, 5.41) is 3.87. The average Bonchev–Trinajstić information content (AvgIpc) is 3.15. The molecule has 146 valence electrons. The quantitative estimate of drug-likeness (QED) is 0.585. The minimum absolute atomic E-state index is 0.0914. The Morgan fingerprint density at radius 2 is 1.71 bits per heavy atom. The molecule has 0 fully saturated rings. The molecule has 0 spiro atoms. The van der Waals surface area contributed by atoms with Crippen molar-refractivity contribution in [2.45, 2.75) is 18.4 Å². The van der Waals surface area contributed by atoms with Crippen LogP contribution in [0.3, 0.4) is 0 Å². The van der Waals surface area contributed by atoms with Gasteiger partial charge in [-0.05, 0) is 31.2 Å². The molecule has 0 aliphatic rings. The van der Waals surface area contributed by atoms with E-state index in [4.69, 9.17) is 9.26 Å². The van der Waals surface area contributed by atoms with Crippen molar-refractivity contribution in [3.05, 3.63) is 65.5 Å². The molecule has 0 atom stereocenters. The Hall–Kier alpha value is -3.04. The predicted molar refractivity (Wildman–Crippen MR) is 101 cm³/mol. The minimum Gasteiger partial charge on any atom is -0.452 e. The van der Waals surface area contributed by atoms with Crippen molar-refractivity contribution in [2.24, 2.45) is 0 Å². The smallest absolute Gasteiger partial charge is 0.338 e. The van der Waals surface area contributed by atoms with E-state index in [0.717, 1.165) is 15.4 Å². The second-order valence-corrected chi connectivity index (χ2v) is 8.42. The topological polar surface area (TPSA) is 103 Å². The molecule has 0 N–H and O–H groups in total. The summed E-state index contributed by atoms with van der Waals surface area (Å²) < 4.78 is 35.4. The predicted octanol–water partition coefficient (Wildman–Crippen LogP) is 2.65. The zero-order valence-electron chi connectivity index (χ0n) is 15.6. The number of aromatic nitrogens is 2. The zero-order chi connectivity index (χ0) is 20.3. The van der Waals surface area contributed by atoms with Crippen molar-refractivity contribution >= 4 is 16.0 Å². The largest absolute Gasteiger partial charge is 0.452 e. The van der Waals surface area contributed by atoms with Crippen LogP contribution in [0.5, 0.6) is 0 Å². The van der Waals surface area contributed by atoms with Gasteiger partial charge in [-0.25, -0.2) is 17.5 Å². The van der Waals surface area contributed by atoms with Gasteiger partial charge in [-0.3, -0.25) is 0 Å². The molecule has 3 aromatic rings. The Bertz CT molecular complexity index is 1070. The number of aryl methyl sites for hydroxylation is 1. The molecule has 8 nitrogen and oxygen atoms in total. The van der Waals surface area contributed by atoms with Crippen LogP contribution in [0.15, 0.2) is 57.9 Å². The van der Waals surface area contributed by atoms with Gasteiger partial charge < -0.3 is 9.26 Å². The third-order valence-electron chi connectivity index (χ3n) is 3.97. The molecule has 2 aromatic carbocycles. The second kappa shape index (κ2) is 7.91. The van der Waals surface area contributed by atoms with Crippen LogP contribution in [-0.2, 0) is 21.4 Å². The first-order chi connectivity index (χ1) is 13.3. The van der Waals surface area contributed by atoms with Gasteiger partial charge in [-0.2, -0.15) is 4.98 Å². The van der Waals surface area contributed by atoms with E-state index in [-0.39, 0.29) is 23.0 Å². The van der Waals surface area contributed by atoms with E-state index in [1.54, 1.807) is 0 Å². The molecule has 0 radical (unpaired) electrons. The first-order valence-electron chi connectivity index (χ1n) is 8.37. The first-order valence-corrected chi connectivity index (χ1v) is 9.81. The molecule has 1 aromatic heterocycles. The van der Waals surface area contributed by atoms with Crippen LogP contribution in [0.2, 0.25) is 0 Å². The van der Waals surface area contributed by atoms with E-state index in [2.05, 4.69) is 10.1 Å². The first kappa shape index (κ1) is 19.7. The number of rotatable bonds is 6. The van der Waals surface area contributed by atoms with Crippen molar-refractivity contribution in [3.8, 4) is 11.4 Å². The summed E-state index contributed by atoms with van der Waals surface area (Å²) in [5.41, 5.74) is 2.13. The van der Waals surface area contributed by atoms with Gasteiger partial charge in [0.1, 0.15) is 0 Å². The molecule has 9 heteroatoms. The average molecular weight is 401 g/mol. The molecule has 1 heterocycles. The monoisotopic (exact) mass is 401 g/mol. The summed E-state index contributed by atoms with van der Waals surface area (Å²) in [7, 11) is -0.678. The molecular formula is C19H19N3O5S. The summed E-state index contributed by atoms with van der Waals surface area (Å²) >= 11 is 0. The van der Waals surface area contributed by atoms with Gasteiger partial charge in [0.05, 0.1) is 10.5 Å². The number of benzene rings is 2. The van der Waals surface area contributed by atoms with E-state index in [1.807, 2.05) is 31.2 Å². The van der Waals surface area contributed by atoms with E-state index in [0.29, 0.717) is 5.82 Å². The lowest BCUT2D eigenvalue weighted by Gasteiger charge is -2.11. The van der Waals surface area contributed by atoms with Gasteiger partial charge in [0.2, 0.25) is 15.8 Å². The van der Waals surface area contributed by atoms with Crippen LogP contribution in [0.25, 0.3) is 11.4 Å². The van der Waals surface area contributed by atoms with Crippen LogP contribution >= 0.6 is 0 Å². The molecule has 0 saturated heterocycles. The van der Waals surface area contributed by atoms with E-state index in [1.165, 1.54) is 38.4 Å². The third-order valence-corrected chi connectivity index (χ3v) is 5.80. The van der Waals surface area contributed by atoms with Crippen LogP contribution in [0.4, 0.5) is 0 Å². The van der Waals surface area contributed by atoms with Crippen LogP contribution in [-0.4, -0.2) is 42.9 Å². The fourth-order valence-electron chi connectivity index (χ4n) is 2.32. The number of carbonyl (C=O) groups excluding carboxylic acids is 1. The molecule has 0 aliphatic heterocycles. The van der Waals surface area contributed by atoms with Gasteiger partial charge in [0, 0.05) is 19.7 Å². The van der Waals surface area contributed by atoms with Crippen molar-refractivity contribution < 1.29 is 22.5 Å². The van der Waals surface area contributed by atoms with Crippen molar-refractivity contribution in [2.75, 3.05) is 14.1 Å². The van der Waals surface area contributed by atoms with Crippen molar-refractivity contribution in [1.82, 2.24) is 14.4 Å². The molecule has 0 unspecified atom stereocenters. The fourth-order valence-corrected chi connectivity index (χ4v) is 3.22. The third kappa shape index (κ3) is 4.26. The lowest BCUT2D eigenvalue weighted by atomic mass is 10.1. The van der Waals surface area contributed by atoms with Crippen molar-refractivity contribution in [1.29, 1.82) is 0 Å². The number of ether oxygens (including phenoxy) is 1. The minimum atomic E-state index is -3.55. The maximum absolute atomic E-state index is 12.2. The molecule has 0 saturated carbocycles. The van der Waals surface area contributed by atoms with Crippen LogP contribution in [0.1, 0.15) is 21.8 Å². The van der Waals surface area contributed by atoms with Gasteiger partial charge in [-0.15, -0.1) is 0 Å². The summed E-state index contributed by atoms with van der Waals surface area (Å²) in [6.45, 7) is 1.79. The highest BCUT2D eigenvalue weighted by Crippen LogP contribution is 2.18. The SMILES string of the molecule is Cc1ccc(-c2noc(COC(=O)c3ccc(S(=O)(=O)N(C)C)cc3)n2)cc1. The van der Waals surface area contributed by atoms with Gasteiger partial charge >= 0.3 is 5.97 Å². The molecule has 28 heavy (non-hydrogen) atoms. The molecule has 3 rings (SSSR count). The van der Waals surface area contributed by atoms with Crippen molar-refractivity contribution in [3.63, 3.8) is 0 Å². The number of nitrogens with zero attached hydrogens (tertiary/aromatic N) is 3. The molecule has 0 bridgehead atoms. The highest BCUT2D eigenvalue weighted by molar-refractivity contribution is 7.89. The van der Waals surface area contributed by atoms with E-state index in [9.17, 15) is 13.2 Å². The van der Waals surface area contributed by atoms with Gasteiger partial charge in [0.15, 0.2) is 6.61 Å². The van der Waals surface area contributed by atoms with Gasteiger partial charge in [0.25, 0.3) is 5.89 Å². The number of carbonyl (C=O) groups is 1. The lowest BCUT2D eigenvalue weighted by Crippen LogP contribution is -2.22.